The molecule has 124 valence electrons. The van der Waals surface area contributed by atoms with Crippen LogP contribution in [0.4, 0.5) is 0 Å². The van der Waals surface area contributed by atoms with E-state index in [-0.39, 0.29) is 5.92 Å². The largest absolute Gasteiger partial charge is 0.550 e. The molecule has 1 spiro atoms. The van der Waals surface area contributed by atoms with E-state index in [0.717, 1.165) is 24.7 Å². The molecular formula is C20H31O2-. The van der Waals surface area contributed by atoms with Gasteiger partial charge in [0.2, 0.25) is 0 Å². The normalized spacial score (nSPS) is 52.7. The number of carboxylic acids is 1. The molecule has 0 heterocycles. The van der Waals surface area contributed by atoms with E-state index in [2.05, 4.69) is 20.8 Å². The Hall–Kier alpha value is -0.530. The molecule has 2 nitrogen and oxygen atoms in total. The molecule has 22 heavy (non-hydrogen) atoms. The molecule has 2 heteroatoms. The van der Waals surface area contributed by atoms with Crippen LogP contribution in [-0.2, 0) is 4.79 Å². The monoisotopic (exact) mass is 303 g/mol. The van der Waals surface area contributed by atoms with Crippen LogP contribution in [0.2, 0.25) is 0 Å². The average Bonchev–Trinajstić information content (AvgIpc) is 2.69. The van der Waals surface area contributed by atoms with Gasteiger partial charge in [-0.3, -0.25) is 0 Å². The summed E-state index contributed by atoms with van der Waals surface area (Å²) in [4.78, 5) is 11.6. The first-order chi connectivity index (χ1) is 10.3. The maximum atomic E-state index is 11.6. The quantitative estimate of drug-likeness (QED) is 0.739. The van der Waals surface area contributed by atoms with Crippen LogP contribution in [0.15, 0.2) is 0 Å². The maximum Gasteiger partial charge on any atom is 0.0448 e. The lowest BCUT2D eigenvalue weighted by Crippen LogP contribution is -2.55. The highest BCUT2D eigenvalue weighted by atomic mass is 16.4. The molecule has 0 saturated heterocycles. The molecule has 0 aromatic heterocycles. The number of carbonyl (C=O) groups excluding carboxylic acids is 1. The second-order valence-electron chi connectivity index (χ2n) is 10.0. The van der Waals surface area contributed by atoms with E-state index in [1.165, 1.54) is 44.9 Å². The maximum absolute atomic E-state index is 11.6. The average molecular weight is 303 g/mol. The van der Waals surface area contributed by atoms with Crippen LogP contribution in [0.1, 0.15) is 78.6 Å². The fourth-order valence-corrected chi connectivity index (χ4v) is 8.05. The summed E-state index contributed by atoms with van der Waals surface area (Å²) in [6, 6.07) is 0. The van der Waals surface area contributed by atoms with Crippen LogP contribution in [-0.4, -0.2) is 5.97 Å². The summed E-state index contributed by atoms with van der Waals surface area (Å²) in [5.41, 5.74) is 1.26. The lowest BCUT2D eigenvalue weighted by Gasteiger charge is -2.64. The predicted octanol–water partition coefficient (Wildman–Crippen LogP) is 3.79. The molecule has 0 aliphatic heterocycles. The summed E-state index contributed by atoms with van der Waals surface area (Å²) < 4.78 is 0. The van der Waals surface area contributed by atoms with Crippen molar-refractivity contribution in [1.82, 2.24) is 0 Å². The molecule has 6 atom stereocenters. The Morgan fingerprint density at radius 1 is 0.955 bits per heavy atom. The van der Waals surface area contributed by atoms with Crippen LogP contribution < -0.4 is 5.11 Å². The van der Waals surface area contributed by atoms with E-state index in [1.807, 2.05) is 0 Å². The molecular weight excluding hydrogens is 272 g/mol. The van der Waals surface area contributed by atoms with Gasteiger partial charge in [0, 0.05) is 11.9 Å². The van der Waals surface area contributed by atoms with E-state index in [1.54, 1.807) is 0 Å². The minimum Gasteiger partial charge on any atom is -0.550 e. The van der Waals surface area contributed by atoms with Crippen molar-refractivity contribution in [3.05, 3.63) is 0 Å². The number of carboxylic acid groups (broad SMARTS) is 1. The molecule has 4 fully saturated rings. The zero-order valence-electron chi connectivity index (χ0n) is 14.5. The van der Waals surface area contributed by atoms with Gasteiger partial charge in [-0.1, -0.05) is 27.2 Å². The van der Waals surface area contributed by atoms with Gasteiger partial charge in [-0.2, -0.15) is 0 Å². The van der Waals surface area contributed by atoms with Gasteiger partial charge in [-0.05, 0) is 85.4 Å². The SMILES string of the molecule is CC1(C)CCCC2(C)C1CCC13CC(CCC12)C(C(=O)[O-])C3. The lowest BCUT2D eigenvalue weighted by atomic mass is 9.41. The predicted molar refractivity (Wildman–Crippen MR) is 84.8 cm³/mol. The van der Waals surface area contributed by atoms with Crippen LogP contribution in [0, 0.1) is 39.9 Å². The smallest absolute Gasteiger partial charge is 0.0448 e. The van der Waals surface area contributed by atoms with Gasteiger partial charge in [0.05, 0.1) is 0 Å². The number of carbonyl (C=O) groups is 1. The van der Waals surface area contributed by atoms with Gasteiger partial charge in [0.1, 0.15) is 0 Å². The van der Waals surface area contributed by atoms with Crippen LogP contribution >= 0.6 is 0 Å². The number of fused-ring (bicyclic) bond motifs is 3. The third kappa shape index (κ3) is 1.82. The van der Waals surface area contributed by atoms with Crippen molar-refractivity contribution in [2.45, 2.75) is 78.6 Å². The minimum absolute atomic E-state index is 0.151. The van der Waals surface area contributed by atoms with E-state index in [9.17, 15) is 9.90 Å². The van der Waals surface area contributed by atoms with Gasteiger partial charge in [-0.15, -0.1) is 0 Å². The topological polar surface area (TPSA) is 40.1 Å². The Kier molecular flexibility index (Phi) is 3.08. The lowest BCUT2D eigenvalue weighted by molar-refractivity contribution is -0.312. The number of aliphatic carboxylic acids is 1. The van der Waals surface area contributed by atoms with Crippen LogP contribution in [0.5, 0.6) is 0 Å². The Morgan fingerprint density at radius 3 is 2.45 bits per heavy atom. The van der Waals surface area contributed by atoms with E-state index < -0.39 is 5.97 Å². The van der Waals surface area contributed by atoms with Crippen molar-refractivity contribution in [2.24, 2.45) is 39.9 Å². The third-order valence-electron chi connectivity index (χ3n) is 8.74. The Balaban J connectivity index is 1.70. The van der Waals surface area contributed by atoms with Gasteiger partial charge >= 0.3 is 0 Å². The first kappa shape index (κ1) is 15.0. The Bertz CT molecular complexity index is 496. The van der Waals surface area contributed by atoms with E-state index in [4.69, 9.17) is 0 Å². The molecule has 4 rings (SSSR count). The minimum atomic E-state index is -0.765. The van der Waals surface area contributed by atoms with Crippen molar-refractivity contribution in [1.29, 1.82) is 0 Å². The number of rotatable bonds is 1. The molecule has 0 N–H and O–H groups in total. The van der Waals surface area contributed by atoms with Gasteiger partial charge in [0.25, 0.3) is 0 Å². The molecule has 0 aromatic rings. The highest BCUT2D eigenvalue weighted by molar-refractivity contribution is 5.68. The highest BCUT2D eigenvalue weighted by Crippen LogP contribution is 2.72. The fourth-order valence-electron chi connectivity index (χ4n) is 8.05. The first-order valence-electron chi connectivity index (χ1n) is 9.49. The van der Waals surface area contributed by atoms with Gasteiger partial charge in [-0.25, -0.2) is 0 Å². The van der Waals surface area contributed by atoms with Crippen LogP contribution in [0.25, 0.3) is 0 Å². The molecule has 4 aliphatic carbocycles. The fraction of sp³-hybridized carbons (Fsp3) is 0.950. The second-order valence-corrected chi connectivity index (χ2v) is 10.0. The van der Waals surface area contributed by atoms with E-state index in [0.29, 0.717) is 22.2 Å². The molecule has 0 radical (unpaired) electrons. The molecule has 6 unspecified atom stereocenters. The molecule has 4 aliphatic rings. The standard InChI is InChI=1S/C20H32O2/c1-18(2)8-4-9-19(3)15(18)7-10-20-11-13(5-6-16(19)20)14(12-20)17(21)22/h13-16H,4-12H2,1-3H3,(H,21,22)/p-1. The van der Waals surface area contributed by atoms with Crippen molar-refractivity contribution >= 4 is 5.97 Å². The second kappa shape index (κ2) is 4.51. The summed E-state index contributed by atoms with van der Waals surface area (Å²) >= 11 is 0. The number of hydrogen-bond donors (Lipinski definition) is 0. The van der Waals surface area contributed by atoms with Crippen LogP contribution in [0.3, 0.4) is 0 Å². The Morgan fingerprint density at radius 2 is 1.73 bits per heavy atom. The molecule has 2 bridgehead atoms. The highest BCUT2D eigenvalue weighted by Gasteiger charge is 2.63. The zero-order chi connectivity index (χ0) is 15.8. The zero-order valence-corrected chi connectivity index (χ0v) is 14.5. The van der Waals surface area contributed by atoms with Gasteiger partial charge < -0.3 is 9.90 Å². The van der Waals surface area contributed by atoms with Crippen molar-refractivity contribution in [2.75, 3.05) is 0 Å². The first-order valence-corrected chi connectivity index (χ1v) is 9.49. The summed E-state index contributed by atoms with van der Waals surface area (Å²) in [5.74, 6) is 1.10. The molecule has 4 saturated carbocycles. The Labute approximate surface area is 135 Å². The summed E-state index contributed by atoms with van der Waals surface area (Å²) in [7, 11) is 0. The van der Waals surface area contributed by atoms with Crippen molar-refractivity contribution in [3.63, 3.8) is 0 Å². The van der Waals surface area contributed by atoms with E-state index >= 15 is 0 Å². The molecule has 0 aromatic carbocycles. The van der Waals surface area contributed by atoms with Crippen molar-refractivity contribution < 1.29 is 9.90 Å². The summed E-state index contributed by atoms with van der Waals surface area (Å²) in [5, 5.41) is 11.6. The van der Waals surface area contributed by atoms with Gasteiger partial charge in [0.15, 0.2) is 0 Å². The summed E-state index contributed by atoms with van der Waals surface area (Å²) in [6.07, 6.45) is 11.2. The van der Waals surface area contributed by atoms with Crippen molar-refractivity contribution in [3.8, 4) is 0 Å². The number of hydrogen-bond acceptors (Lipinski definition) is 2. The molecule has 0 amide bonds. The summed E-state index contributed by atoms with van der Waals surface area (Å²) in [6.45, 7) is 7.53. The third-order valence-corrected chi connectivity index (χ3v) is 8.74.